The first-order valence-corrected chi connectivity index (χ1v) is 9.51. The molecule has 2 rings (SSSR count). The Kier molecular flexibility index (Phi) is 4.94. The summed E-state index contributed by atoms with van der Waals surface area (Å²) in [5.74, 6) is -0.0161. The quantitative estimate of drug-likeness (QED) is 0.799. The van der Waals surface area contributed by atoms with Crippen molar-refractivity contribution < 1.29 is 13.2 Å². The SMILES string of the molecule is CCC1CCCCN1C(=O)c1ccc(S(=O)(=O)Cl)cc1C. The molecule has 6 heteroatoms. The van der Waals surface area contributed by atoms with Gasteiger partial charge in [0, 0.05) is 28.8 Å². The van der Waals surface area contributed by atoms with Gasteiger partial charge in [-0.05, 0) is 56.4 Å². The lowest BCUT2D eigenvalue weighted by atomic mass is 9.98. The largest absolute Gasteiger partial charge is 0.336 e. The number of amides is 1. The Morgan fingerprint density at radius 1 is 1.38 bits per heavy atom. The summed E-state index contributed by atoms with van der Waals surface area (Å²) in [6.45, 7) is 4.60. The highest BCUT2D eigenvalue weighted by Crippen LogP contribution is 2.25. The molecule has 1 unspecified atom stereocenters. The summed E-state index contributed by atoms with van der Waals surface area (Å²) in [6, 6.07) is 4.70. The van der Waals surface area contributed by atoms with Crippen LogP contribution in [0.1, 0.15) is 48.5 Å². The van der Waals surface area contributed by atoms with Crippen LogP contribution < -0.4 is 0 Å². The lowest BCUT2D eigenvalue weighted by Crippen LogP contribution is -2.43. The first-order valence-electron chi connectivity index (χ1n) is 7.21. The second-order valence-electron chi connectivity index (χ2n) is 5.47. The highest BCUT2D eigenvalue weighted by molar-refractivity contribution is 8.13. The minimum Gasteiger partial charge on any atom is -0.336 e. The van der Waals surface area contributed by atoms with E-state index in [0.29, 0.717) is 11.1 Å². The van der Waals surface area contributed by atoms with Gasteiger partial charge in [-0.2, -0.15) is 0 Å². The molecule has 1 heterocycles. The van der Waals surface area contributed by atoms with Gasteiger partial charge in [0.05, 0.1) is 4.90 Å². The highest BCUT2D eigenvalue weighted by Gasteiger charge is 2.27. The minimum absolute atomic E-state index is 0.0161. The van der Waals surface area contributed by atoms with Crippen molar-refractivity contribution in [1.29, 1.82) is 0 Å². The molecule has 1 aromatic carbocycles. The van der Waals surface area contributed by atoms with Crippen LogP contribution in [0.2, 0.25) is 0 Å². The van der Waals surface area contributed by atoms with Crippen molar-refractivity contribution in [3.05, 3.63) is 29.3 Å². The van der Waals surface area contributed by atoms with Gasteiger partial charge < -0.3 is 4.90 Å². The van der Waals surface area contributed by atoms with Crippen molar-refractivity contribution in [1.82, 2.24) is 4.90 Å². The third kappa shape index (κ3) is 3.58. The van der Waals surface area contributed by atoms with Gasteiger partial charge in [-0.1, -0.05) is 6.92 Å². The van der Waals surface area contributed by atoms with Crippen LogP contribution in [0.5, 0.6) is 0 Å². The number of hydrogen-bond acceptors (Lipinski definition) is 3. The first-order chi connectivity index (χ1) is 9.84. The Balaban J connectivity index is 2.31. The maximum absolute atomic E-state index is 12.7. The predicted molar refractivity (Wildman–Crippen MR) is 83.2 cm³/mol. The number of carbonyl (C=O) groups excluding carboxylic acids is 1. The summed E-state index contributed by atoms with van der Waals surface area (Å²) >= 11 is 0. The number of benzene rings is 1. The van der Waals surface area contributed by atoms with E-state index in [4.69, 9.17) is 10.7 Å². The van der Waals surface area contributed by atoms with Crippen molar-refractivity contribution in [2.24, 2.45) is 0 Å². The molecule has 0 aromatic heterocycles. The standard InChI is InChI=1S/C15H20ClNO3S/c1-3-12-6-4-5-9-17(12)15(18)14-8-7-13(10-11(14)2)21(16,19)20/h7-8,10,12H,3-6,9H2,1-2H3. The highest BCUT2D eigenvalue weighted by atomic mass is 35.7. The molecule has 1 aromatic rings. The normalized spacial score (nSPS) is 19.6. The van der Waals surface area contributed by atoms with Crippen molar-refractivity contribution in [2.45, 2.75) is 50.5 Å². The topological polar surface area (TPSA) is 54.5 Å². The van der Waals surface area contributed by atoms with Crippen molar-refractivity contribution in [2.75, 3.05) is 6.54 Å². The van der Waals surface area contributed by atoms with Crippen molar-refractivity contribution >= 4 is 25.6 Å². The van der Waals surface area contributed by atoms with E-state index in [1.807, 2.05) is 4.90 Å². The molecule has 0 spiro atoms. The van der Waals surface area contributed by atoms with Crippen LogP contribution in [0.4, 0.5) is 0 Å². The van der Waals surface area contributed by atoms with E-state index in [-0.39, 0.29) is 16.8 Å². The molecule has 0 aliphatic carbocycles. The molecule has 1 atom stereocenters. The smallest absolute Gasteiger partial charge is 0.261 e. The van der Waals surface area contributed by atoms with Crippen LogP contribution in [-0.2, 0) is 9.05 Å². The zero-order chi connectivity index (χ0) is 15.6. The van der Waals surface area contributed by atoms with Crippen molar-refractivity contribution in [3.8, 4) is 0 Å². The summed E-state index contributed by atoms with van der Waals surface area (Å²) in [6.07, 6.45) is 4.16. The van der Waals surface area contributed by atoms with E-state index in [9.17, 15) is 13.2 Å². The van der Waals surface area contributed by atoms with Gasteiger partial charge in [-0.15, -0.1) is 0 Å². The van der Waals surface area contributed by atoms with E-state index >= 15 is 0 Å². The van der Waals surface area contributed by atoms with Crippen LogP contribution in [0.25, 0.3) is 0 Å². The number of likely N-dealkylation sites (tertiary alicyclic amines) is 1. The van der Waals surface area contributed by atoms with E-state index in [1.54, 1.807) is 13.0 Å². The van der Waals surface area contributed by atoms with E-state index in [2.05, 4.69) is 6.92 Å². The fraction of sp³-hybridized carbons (Fsp3) is 0.533. The van der Waals surface area contributed by atoms with Gasteiger partial charge >= 0.3 is 0 Å². The number of nitrogens with zero attached hydrogens (tertiary/aromatic N) is 1. The molecule has 1 saturated heterocycles. The average molecular weight is 330 g/mol. The molecule has 1 amide bonds. The molecule has 0 N–H and O–H groups in total. The number of rotatable bonds is 3. The molecule has 0 bridgehead atoms. The molecule has 1 aliphatic heterocycles. The molecular formula is C15H20ClNO3S. The van der Waals surface area contributed by atoms with E-state index in [0.717, 1.165) is 32.2 Å². The summed E-state index contributed by atoms with van der Waals surface area (Å²) in [5.41, 5.74) is 1.20. The molecule has 1 aliphatic rings. The average Bonchev–Trinajstić information content (AvgIpc) is 2.45. The Bertz CT molecular complexity index is 642. The molecule has 0 radical (unpaired) electrons. The number of hydrogen-bond donors (Lipinski definition) is 0. The lowest BCUT2D eigenvalue weighted by molar-refractivity contribution is 0.0607. The fourth-order valence-corrected chi connectivity index (χ4v) is 3.71. The van der Waals surface area contributed by atoms with Gasteiger partial charge in [0.15, 0.2) is 0 Å². The molecule has 4 nitrogen and oxygen atoms in total. The van der Waals surface area contributed by atoms with Gasteiger partial charge in [0.25, 0.3) is 15.0 Å². The van der Waals surface area contributed by atoms with Crippen molar-refractivity contribution in [3.63, 3.8) is 0 Å². The lowest BCUT2D eigenvalue weighted by Gasteiger charge is -2.35. The third-order valence-corrected chi connectivity index (χ3v) is 5.42. The van der Waals surface area contributed by atoms with Gasteiger partial charge in [-0.25, -0.2) is 8.42 Å². The Morgan fingerprint density at radius 2 is 2.10 bits per heavy atom. The molecule has 1 fully saturated rings. The number of aryl methyl sites for hydroxylation is 1. The van der Waals surface area contributed by atoms with E-state index < -0.39 is 9.05 Å². The van der Waals surface area contributed by atoms with Crippen LogP contribution in [0.3, 0.4) is 0 Å². The summed E-state index contributed by atoms with van der Waals surface area (Å²) < 4.78 is 22.7. The summed E-state index contributed by atoms with van der Waals surface area (Å²) in [4.78, 5) is 14.6. The number of piperidine rings is 1. The molecule has 116 valence electrons. The minimum atomic E-state index is -3.76. The second kappa shape index (κ2) is 6.36. The van der Waals surface area contributed by atoms with E-state index in [1.165, 1.54) is 12.1 Å². The third-order valence-electron chi connectivity index (χ3n) is 4.07. The van der Waals surface area contributed by atoms with Crippen LogP contribution in [0.15, 0.2) is 23.1 Å². The zero-order valence-corrected chi connectivity index (χ0v) is 13.9. The monoisotopic (exact) mass is 329 g/mol. The number of halogens is 1. The zero-order valence-electron chi connectivity index (χ0n) is 12.3. The van der Waals surface area contributed by atoms with Crippen LogP contribution in [0, 0.1) is 6.92 Å². The second-order valence-corrected chi connectivity index (χ2v) is 8.04. The molecule has 0 saturated carbocycles. The maximum Gasteiger partial charge on any atom is 0.261 e. The molecular weight excluding hydrogens is 310 g/mol. The Labute approximate surface area is 130 Å². The van der Waals surface area contributed by atoms with Gasteiger partial charge in [0.2, 0.25) is 0 Å². The van der Waals surface area contributed by atoms with Crippen LogP contribution in [-0.4, -0.2) is 31.8 Å². The van der Waals surface area contributed by atoms with Gasteiger partial charge in [-0.3, -0.25) is 4.79 Å². The van der Waals surface area contributed by atoms with Gasteiger partial charge in [0.1, 0.15) is 0 Å². The molecule has 21 heavy (non-hydrogen) atoms. The Hall–Kier alpha value is -1.07. The Morgan fingerprint density at radius 3 is 2.67 bits per heavy atom. The fourth-order valence-electron chi connectivity index (χ4n) is 2.87. The number of carbonyl (C=O) groups is 1. The summed E-state index contributed by atoms with van der Waals surface area (Å²) in [5, 5.41) is 0. The predicted octanol–water partition coefficient (Wildman–Crippen LogP) is 3.33. The maximum atomic E-state index is 12.7. The summed E-state index contributed by atoms with van der Waals surface area (Å²) in [7, 11) is 1.57. The first kappa shape index (κ1) is 16.3. The van der Waals surface area contributed by atoms with Crippen LogP contribution >= 0.6 is 10.7 Å².